The Kier molecular flexibility index (Phi) is 2.58. The zero-order chi connectivity index (χ0) is 7.61. The van der Waals surface area contributed by atoms with E-state index in [1.807, 2.05) is 6.92 Å². The van der Waals surface area contributed by atoms with E-state index in [4.69, 9.17) is 5.73 Å². The van der Waals surface area contributed by atoms with Gasteiger partial charge in [-0.05, 0) is 18.7 Å². The average molecular weight is 163 g/mol. The Labute approximate surface area is 65.6 Å². The summed E-state index contributed by atoms with van der Waals surface area (Å²) < 4.78 is 13.6. The fraction of sp³-hybridized carbons (Fsp3) is 1.00. The lowest BCUT2D eigenvalue weighted by molar-refractivity contribution is 0.126. The fourth-order valence-corrected chi connectivity index (χ4v) is 2.55. The molecule has 2 N–H and O–H groups in total. The quantitative estimate of drug-likeness (QED) is 0.666. The molecule has 1 fully saturated rings. The number of hydrogen-bond acceptors (Lipinski definition) is 2. The third-order valence-electron chi connectivity index (χ3n) is 2.24. The van der Waals surface area contributed by atoms with Crippen LogP contribution in [0.25, 0.3) is 0 Å². The Bertz CT molecular complexity index is 112. The van der Waals surface area contributed by atoms with E-state index >= 15 is 0 Å². The molecule has 0 aromatic carbocycles. The van der Waals surface area contributed by atoms with E-state index < -0.39 is 5.67 Å². The third kappa shape index (κ3) is 1.45. The molecule has 0 aromatic rings. The molecule has 0 amide bonds. The van der Waals surface area contributed by atoms with E-state index in [2.05, 4.69) is 0 Å². The molecule has 1 aliphatic rings. The predicted molar refractivity (Wildman–Crippen MR) is 44.0 cm³/mol. The first-order valence-corrected chi connectivity index (χ1v) is 4.81. The van der Waals surface area contributed by atoms with Crippen molar-refractivity contribution in [3.8, 4) is 0 Å². The van der Waals surface area contributed by atoms with Crippen LogP contribution in [0.4, 0.5) is 4.39 Å². The van der Waals surface area contributed by atoms with Crippen molar-refractivity contribution in [2.75, 3.05) is 18.1 Å². The van der Waals surface area contributed by atoms with E-state index in [0.717, 1.165) is 5.75 Å². The summed E-state index contributed by atoms with van der Waals surface area (Å²) in [6.07, 6.45) is 0.691. The molecule has 1 saturated heterocycles. The van der Waals surface area contributed by atoms with Crippen LogP contribution in [0.5, 0.6) is 0 Å². The number of hydrogen-bond donors (Lipinski definition) is 1. The molecule has 0 bridgehead atoms. The molecule has 1 heterocycles. The van der Waals surface area contributed by atoms with Gasteiger partial charge < -0.3 is 5.73 Å². The normalized spacial score (nSPS) is 36.3. The summed E-state index contributed by atoms with van der Waals surface area (Å²) in [5.41, 5.74) is 4.43. The number of nitrogens with two attached hydrogens (primary N) is 1. The molecule has 3 heteroatoms. The lowest BCUT2D eigenvalue weighted by Crippen LogP contribution is -2.35. The molecule has 60 valence electrons. The van der Waals surface area contributed by atoms with Gasteiger partial charge in [-0.3, -0.25) is 0 Å². The first-order valence-electron chi connectivity index (χ1n) is 3.66. The van der Waals surface area contributed by atoms with Crippen molar-refractivity contribution >= 4 is 11.8 Å². The summed E-state index contributed by atoms with van der Waals surface area (Å²) in [5.74, 6) is 1.63. The standard InChI is InChI=1S/C7H14FNS/c1-6(4-9)7(8)2-3-10-5-7/h6H,2-5,9H2,1H3. The first-order chi connectivity index (χ1) is 4.69. The monoisotopic (exact) mass is 163 g/mol. The highest BCUT2D eigenvalue weighted by Gasteiger charge is 2.38. The van der Waals surface area contributed by atoms with Crippen molar-refractivity contribution < 1.29 is 4.39 Å². The molecule has 1 aliphatic heterocycles. The second-order valence-electron chi connectivity index (χ2n) is 2.97. The molecule has 0 aliphatic carbocycles. The van der Waals surface area contributed by atoms with E-state index in [0.29, 0.717) is 18.7 Å². The maximum absolute atomic E-state index is 13.6. The lowest BCUT2D eigenvalue weighted by atomic mass is 9.90. The van der Waals surface area contributed by atoms with Crippen LogP contribution in [0.2, 0.25) is 0 Å². The Hall–Kier alpha value is 0.240. The molecule has 0 radical (unpaired) electrons. The van der Waals surface area contributed by atoms with Gasteiger partial charge in [0.25, 0.3) is 0 Å². The third-order valence-corrected chi connectivity index (χ3v) is 3.42. The highest BCUT2D eigenvalue weighted by molar-refractivity contribution is 7.99. The van der Waals surface area contributed by atoms with Crippen LogP contribution < -0.4 is 5.73 Å². The highest BCUT2D eigenvalue weighted by atomic mass is 32.2. The topological polar surface area (TPSA) is 26.0 Å². The number of rotatable bonds is 2. The molecule has 1 rings (SSSR count). The van der Waals surface area contributed by atoms with Crippen molar-refractivity contribution in [1.29, 1.82) is 0 Å². The summed E-state index contributed by atoms with van der Waals surface area (Å²) >= 11 is 1.69. The smallest absolute Gasteiger partial charge is 0.124 e. The van der Waals surface area contributed by atoms with Crippen LogP contribution in [0.3, 0.4) is 0 Å². The predicted octanol–water partition coefficient (Wildman–Crippen LogP) is 1.43. The van der Waals surface area contributed by atoms with Gasteiger partial charge in [-0.25, -0.2) is 4.39 Å². The van der Waals surface area contributed by atoms with Gasteiger partial charge in [0.05, 0.1) is 0 Å². The number of thioether (sulfide) groups is 1. The van der Waals surface area contributed by atoms with Crippen LogP contribution in [-0.2, 0) is 0 Å². The molecule has 0 aromatic heterocycles. The van der Waals surface area contributed by atoms with E-state index in [9.17, 15) is 4.39 Å². The molecule has 0 saturated carbocycles. The van der Waals surface area contributed by atoms with Crippen molar-refractivity contribution in [3.63, 3.8) is 0 Å². The largest absolute Gasteiger partial charge is 0.330 e. The zero-order valence-electron chi connectivity index (χ0n) is 6.27. The van der Waals surface area contributed by atoms with Crippen molar-refractivity contribution in [1.82, 2.24) is 0 Å². The Morgan fingerprint density at radius 2 is 2.50 bits per heavy atom. The van der Waals surface area contributed by atoms with Crippen LogP contribution in [0, 0.1) is 5.92 Å². The zero-order valence-corrected chi connectivity index (χ0v) is 7.09. The SMILES string of the molecule is CC(CN)C1(F)CCSC1. The molecular formula is C7H14FNS. The molecular weight excluding hydrogens is 149 g/mol. The van der Waals surface area contributed by atoms with Gasteiger partial charge in [-0.1, -0.05) is 6.92 Å². The van der Waals surface area contributed by atoms with Crippen molar-refractivity contribution in [2.45, 2.75) is 19.0 Å². The molecule has 0 spiro atoms. The van der Waals surface area contributed by atoms with Gasteiger partial charge in [0.2, 0.25) is 0 Å². The van der Waals surface area contributed by atoms with E-state index in [-0.39, 0.29) is 5.92 Å². The van der Waals surface area contributed by atoms with Gasteiger partial charge in [-0.2, -0.15) is 11.8 Å². The van der Waals surface area contributed by atoms with Gasteiger partial charge in [0, 0.05) is 11.7 Å². The van der Waals surface area contributed by atoms with Gasteiger partial charge in [-0.15, -0.1) is 0 Å². The highest BCUT2D eigenvalue weighted by Crippen LogP contribution is 2.36. The van der Waals surface area contributed by atoms with Crippen molar-refractivity contribution in [2.24, 2.45) is 11.7 Å². The minimum absolute atomic E-state index is 0.0301. The minimum atomic E-state index is -0.959. The summed E-state index contributed by atoms with van der Waals surface area (Å²) in [5, 5.41) is 0. The van der Waals surface area contributed by atoms with E-state index in [1.165, 1.54) is 0 Å². The molecule has 1 nitrogen and oxygen atoms in total. The van der Waals surface area contributed by atoms with Crippen LogP contribution in [0.1, 0.15) is 13.3 Å². The Morgan fingerprint density at radius 1 is 1.80 bits per heavy atom. The fourth-order valence-electron chi connectivity index (χ4n) is 1.16. The average Bonchev–Trinajstić information content (AvgIpc) is 2.36. The molecule has 2 unspecified atom stereocenters. The summed E-state index contributed by atoms with van der Waals surface area (Å²) in [4.78, 5) is 0. The van der Waals surface area contributed by atoms with Gasteiger partial charge >= 0.3 is 0 Å². The van der Waals surface area contributed by atoms with E-state index in [1.54, 1.807) is 11.8 Å². The lowest BCUT2D eigenvalue weighted by Gasteiger charge is -2.24. The number of alkyl halides is 1. The second kappa shape index (κ2) is 3.09. The Morgan fingerprint density at radius 3 is 2.90 bits per heavy atom. The maximum atomic E-state index is 13.6. The second-order valence-corrected chi connectivity index (χ2v) is 4.08. The summed E-state index contributed by atoms with van der Waals surface area (Å²) in [6.45, 7) is 2.36. The van der Waals surface area contributed by atoms with Crippen LogP contribution in [0.15, 0.2) is 0 Å². The van der Waals surface area contributed by atoms with Crippen LogP contribution >= 0.6 is 11.8 Å². The molecule has 10 heavy (non-hydrogen) atoms. The molecule has 2 atom stereocenters. The number of halogens is 1. The first kappa shape index (κ1) is 8.34. The van der Waals surface area contributed by atoms with Crippen LogP contribution in [-0.4, -0.2) is 23.7 Å². The minimum Gasteiger partial charge on any atom is -0.330 e. The summed E-state index contributed by atoms with van der Waals surface area (Å²) in [7, 11) is 0. The maximum Gasteiger partial charge on any atom is 0.124 e. The summed E-state index contributed by atoms with van der Waals surface area (Å²) in [6, 6.07) is 0. The van der Waals surface area contributed by atoms with Crippen molar-refractivity contribution in [3.05, 3.63) is 0 Å². The van der Waals surface area contributed by atoms with Gasteiger partial charge in [0.15, 0.2) is 0 Å². The Balaban J connectivity index is 2.49. The van der Waals surface area contributed by atoms with Gasteiger partial charge in [0.1, 0.15) is 5.67 Å².